The number of nitrogens with zero attached hydrogens (tertiary/aromatic N) is 3. The van der Waals surface area contributed by atoms with E-state index in [1.165, 1.54) is 5.56 Å². The van der Waals surface area contributed by atoms with Crippen LogP contribution in [0, 0.1) is 11.3 Å². The molecular formula is C28H42N4O4. The van der Waals surface area contributed by atoms with Gasteiger partial charge in [-0.05, 0) is 61.1 Å². The van der Waals surface area contributed by atoms with E-state index in [2.05, 4.69) is 43.1 Å². The van der Waals surface area contributed by atoms with Crippen LogP contribution in [0.5, 0.6) is 5.75 Å². The zero-order chi connectivity index (χ0) is 25.9. The van der Waals surface area contributed by atoms with Gasteiger partial charge in [-0.2, -0.15) is 0 Å². The number of hydrogen-bond acceptors (Lipinski definition) is 5. The summed E-state index contributed by atoms with van der Waals surface area (Å²) in [6.45, 7) is 10.3. The molecule has 4 rings (SSSR count). The van der Waals surface area contributed by atoms with Crippen molar-refractivity contribution in [3.05, 3.63) is 29.8 Å². The summed E-state index contributed by atoms with van der Waals surface area (Å²) in [6, 6.07) is 7.64. The van der Waals surface area contributed by atoms with Gasteiger partial charge in [-0.25, -0.2) is 4.79 Å². The number of amides is 4. The van der Waals surface area contributed by atoms with Crippen molar-refractivity contribution in [3.63, 3.8) is 0 Å². The zero-order valence-electron chi connectivity index (χ0n) is 22.3. The molecule has 4 amide bonds. The lowest BCUT2D eigenvalue weighted by Gasteiger charge is -2.42. The maximum atomic E-state index is 13.4. The topological polar surface area (TPSA) is 82.2 Å². The van der Waals surface area contributed by atoms with E-state index in [1.54, 1.807) is 12.0 Å². The molecule has 3 fully saturated rings. The van der Waals surface area contributed by atoms with Gasteiger partial charge in [0.15, 0.2) is 0 Å². The highest BCUT2D eigenvalue weighted by atomic mass is 16.5. The molecule has 2 heterocycles. The number of nitrogens with one attached hydrogen (secondary N) is 1. The van der Waals surface area contributed by atoms with Crippen LogP contribution in [0.25, 0.3) is 0 Å². The maximum Gasteiger partial charge on any atom is 0.325 e. The first-order valence-corrected chi connectivity index (χ1v) is 13.4. The number of carbonyl (C=O) groups is 3. The molecule has 0 bridgehead atoms. The Kier molecular flexibility index (Phi) is 7.93. The Morgan fingerprint density at radius 1 is 1.08 bits per heavy atom. The lowest BCUT2D eigenvalue weighted by molar-refractivity contribution is -0.139. The second-order valence-corrected chi connectivity index (χ2v) is 11.4. The minimum atomic E-state index is -0.828. The summed E-state index contributed by atoms with van der Waals surface area (Å²) in [7, 11) is 1.66. The van der Waals surface area contributed by atoms with E-state index < -0.39 is 11.6 Å². The molecule has 0 atom stereocenters. The third-order valence-electron chi connectivity index (χ3n) is 8.90. The average molecular weight is 499 g/mol. The molecule has 0 unspecified atom stereocenters. The number of imide groups is 1. The van der Waals surface area contributed by atoms with Gasteiger partial charge in [0, 0.05) is 32.7 Å². The van der Waals surface area contributed by atoms with Crippen LogP contribution < -0.4 is 10.1 Å². The quantitative estimate of drug-likeness (QED) is 0.581. The Morgan fingerprint density at radius 2 is 1.78 bits per heavy atom. The van der Waals surface area contributed by atoms with Gasteiger partial charge in [0.25, 0.3) is 5.91 Å². The van der Waals surface area contributed by atoms with Gasteiger partial charge >= 0.3 is 6.03 Å². The summed E-state index contributed by atoms with van der Waals surface area (Å²) in [5.74, 6) is 1.02. The number of urea groups is 1. The average Bonchev–Trinajstić information content (AvgIpc) is 3.03. The third kappa shape index (κ3) is 5.53. The first-order chi connectivity index (χ1) is 17.2. The number of hydrogen-bond donors (Lipinski definition) is 1. The van der Waals surface area contributed by atoms with Gasteiger partial charge in [0.05, 0.1) is 7.11 Å². The lowest BCUT2D eigenvalue weighted by atomic mass is 9.65. The molecule has 8 nitrogen and oxygen atoms in total. The van der Waals surface area contributed by atoms with Crippen LogP contribution >= 0.6 is 0 Å². The van der Waals surface area contributed by atoms with E-state index in [0.717, 1.165) is 56.0 Å². The molecule has 1 aromatic rings. The summed E-state index contributed by atoms with van der Waals surface area (Å²) in [5.41, 5.74) is 0.611. The Hall–Kier alpha value is -2.61. The van der Waals surface area contributed by atoms with Gasteiger partial charge in [-0.3, -0.25) is 19.4 Å². The van der Waals surface area contributed by atoms with Crippen molar-refractivity contribution < 1.29 is 19.1 Å². The summed E-state index contributed by atoms with van der Waals surface area (Å²) in [5, 5.41) is 2.97. The van der Waals surface area contributed by atoms with Crippen LogP contribution in [0.4, 0.5) is 4.79 Å². The van der Waals surface area contributed by atoms with Crippen molar-refractivity contribution in [2.45, 2.75) is 71.4 Å². The molecule has 1 spiro atoms. The fourth-order valence-corrected chi connectivity index (χ4v) is 5.94. The summed E-state index contributed by atoms with van der Waals surface area (Å²) in [6.07, 6.45) is 5.11. The fraction of sp³-hybridized carbons (Fsp3) is 0.679. The number of methoxy groups -OCH3 is 1. The second-order valence-electron chi connectivity index (χ2n) is 11.4. The number of rotatable bonds is 7. The van der Waals surface area contributed by atoms with E-state index in [-0.39, 0.29) is 23.8 Å². The molecule has 2 saturated heterocycles. The predicted octanol–water partition coefficient (Wildman–Crippen LogP) is 3.65. The van der Waals surface area contributed by atoms with Crippen molar-refractivity contribution in [2.24, 2.45) is 11.3 Å². The molecule has 198 valence electrons. The van der Waals surface area contributed by atoms with Gasteiger partial charge in [-0.1, -0.05) is 39.3 Å². The monoisotopic (exact) mass is 498 g/mol. The van der Waals surface area contributed by atoms with Gasteiger partial charge in [-0.15, -0.1) is 0 Å². The Labute approximate surface area is 215 Å². The van der Waals surface area contributed by atoms with E-state index in [1.807, 2.05) is 12.1 Å². The molecule has 2 aliphatic heterocycles. The summed E-state index contributed by atoms with van der Waals surface area (Å²) < 4.78 is 5.23. The largest absolute Gasteiger partial charge is 0.497 e. The number of carbonyl (C=O) groups excluding carboxylic acids is 3. The molecule has 8 heteroatoms. The normalized spacial score (nSPS) is 25.7. The molecule has 0 radical (unpaired) electrons. The minimum Gasteiger partial charge on any atom is -0.497 e. The van der Waals surface area contributed by atoms with E-state index in [0.29, 0.717) is 31.8 Å². The van der Waals surface area contributed by atoms with Gasteiger partial charge in [0.2, 0.25) is 5.91 Å². The smallest absolute Gasteiger partial charge is 0.325 e. The zero-order valence-corrected chi connectivity index (χ0v) is 22.3. The molecule has 1 saturated carbocycles. The highest BCUT2D eigenvalue weighted by Gasteiger charge is 2.53. The van der Waals surface area contributed by atoms with Crippen LogP contribution in [-0.2, 0) is 16.1 Å². The summed E-state index contributed by atoms with van der Waals surface area (Å²) in [4.78, 5) is 44.6. The first kappa shape index (κ1) is 26.5. The molecule has 1 aromatic carbocycles. The number of ether oxygens (including phenoxy) is 1. The van der Waals surface area contributed by atoms with Crippen LogP contribution in [0.3, 0.4) is 0 Å². The third-order valence-corrected chi connectivity index (χ3v) is 8.90. The van der Waals surface area contributed by atoms with Gasteiger partial charge < -0.3 is 15.0 Å². The van der Waals surface area contributed by atoms with Crippen LogP contribution in [0.1, 0.15) is 64.9 Å². The van der Waals surface area contributed by atoms with E-state index in [9.17, 15) is 14.4 Å². The van der Waals surface area contributed by atoms with Crippen molar-refractivity contribution in [1.82, 2.24) is 20.0 Å². The van der Waals surface area contributed by atoms with E-state index >= 15 is 0 Å². The highest BCUT2D eigenvalue weighted by molar-refractivity contribution is 6.09. The van der Waals surface area contributed by atoms with Crippen molar-refractivity contribution in [1.29, 1.82) is 0 Å². The Balaban J connectivity index is 1.30. The predicted molar refractivity (Wildman–Crippen MR) is 138 cm³/mol. The Bertz CT molecular complexity index is 953. The van der Waals surface area contributed by atoms with Crippen molar-refractivity contribution >= 4 is 17.8 Å². The second kappa shape index (κ2) is 10.8. The maximum absolute atomic E-state index is 13.4. The van der Waals surface area contributed by atoms with Crippen molar-refractivity contribution in [2.75, 3.05) is 39.8 Å². The molecule has 0 aromatic heterocycles. The first-order valence-electron chi connectivity index (χ1n) is 13.4. The SMILES string of the molecule is CCC(C)(C)C1CCC2(CC1)NC(=O)N(CC(=O)N1CCCN(Cc3ccc(OC)cc3)CC1)C2=O. The molecule has 3 aliphatic rings. The standard InChI is InChI=1S/C28H42N4O4/c1-5-27(2,3)22-11-13-28(14-12-22)25(34)32(26(35)29-28)20-24(33)31-16-6-15-30(17-18-31)19-21-7-9-23(36-4)10-8-21/h7-10,22H,5-6,11-20H2,1-4H3,(H,29,35). The Morgan fingerprint density at radius 3 is 2.42 bits per heavy atom. The molecule has 1 aliphatic carbocycles. The van der Waals surface area contributed by atoms with Crippen LogP contribution in [-0.4, -0.2) is 77.9 Å². The van der Waals surface area contributed by atoms with E-state index in [4.69, 9.17) is 4.74 Å². The van der Waals surface area contributed by atoms with Gasteiger partial charge in [0.1, 0.15) is 17.8 Å². The molecule has 36 heavy (non-hydrogen) atoms. The number of benzene rings is 1. The molecular weight excluding hydrogens is 456 g/mol. The van der Waals surface area contributed by atoms with Crippen LogP contribution in [0.2, 0.25) is 0 Å². The van der Waals surface area contributed by atoms with Crippen molar-refractivity contribution in [3.8, 4) is 5.75 Å². The molecule has 1 N–H and O–H groups in total. The lowest BCUT2D eigenvalue weighted by Crippen LogP contribution is -2.51. The highest BCUT2D eigenvalue weighted by Crippen LogP contribution is 2.45. The van der Waals surface area contributed by atoms with Crippen LogP contribution in [0.15, 0.2) is 24.3 Å². The minimum absolute atomic E-state index is 0.150. The fourth-order valence-electron chi connectivity index (χ4n) is 5.94. The summed E-state index contributed by atoms with van der Waals surface area (Å²) >= 11 is 0.